The summed E-state index contributed by atoms with van der Waals surface area (Å²) in [6, 6.07) is 0. The largest absolute Gasteiger partial charge is 0.459 e. The van der Waals surface area contributed by atoms with Gasteiger partial charge in [0.05, 0.1) is 13.2 Å². The van der Waals surface area contributed by atoms with Gasteiger partial charge in [0, 0.05) is 13.2 Å². The summed E-state index contributed by atoms with van der Waals surface area (Å²) in [5, 5.41) is 3.10. The van der Waals surface area contributed by atoms with Crippen LogP contribution in [0.5, 0.6) is 0 Å². The van der Waals surface area contributed by atoms with Gasteiger partial charge in [0.15, 0.2) is 0 Å². The van der Waals surface area contributed by atoms with Crippen LogP contribution in [0, 0.1) is 5.92 Å². The Morgan fingerprint density at radius 2 is 2.27 bits per heavy atom. The fourth-order valence-electron chi connectivity index (χ4n) is 1.50. The number of nitrogens with one attached hydrogen (secondary N) is 1. The smallest absolute Gasteiger partial charge is 0.320 e. The summed E-state index contributed by atoms with van der Waals surface area (Å²) in [7, 11) is 0. The average molecular weight is 215 g/mol. The third-order valence-electron chi connectivity index (χ3n) is 2.15. The van der Waals surface area contributed by atoms with Gasteiger partial charge in [-0.2, -0.15) is 0 Å². The second-order valence-corrected chi connectivity index (χ2v) is 4.95. The van der Waals surface area contributed by atoms with E-state index in [0.717, 1.165) is 26.2 Å². The molecular formula is C11H21NO3. The predicted molar refractivity (Wildman–Crippen MR) is 57.6 cm³/mol. The van der Waals surface area contributed by atoms with Crippen LogP contribution in [-0.4, -0.2) is 37.9 Å². The van der Waals surface area contributed by atoms with E-state index in [9.17, 15) is 4.79 Å². The molecule has 1 N–H and O–H groups in total. The van der Waals surface area contributed by atoms with Crippen LogP contribution in [0.3, 0.4) is 0 Å². The molecule has 4 heteroatoms. The van der Waals surface area contributed by atoms with Gasteiger partial charge in [-0.3, -0.25) is 4.79 Å². The van der Waals surface area contributed by atoms with Gasteiger partial charge in [-0.05, 0) is 33.1 Å². The molecule has 0 radical (unpaired) electrons. The van der Waals surface area contributed by atoms with E-state index in [4.69, 9.17) is 9.47 Å². The monoisotopic (exact) mass is 215 g/mol. The van der Waals surface area contributed by atoms with Crippen molar-refractivity contribution in [2.75, 3.05) is 26.3 Å². The first-order valence-electron chi connectivity index (χ1n) is 5.48. The lowest BCUT2D eigenvalue weighted by Gasteiger charge is -2.19. The van der Waals surface area contributed by atoms with E-state index >= 15 is 0 Å². The normalized spacial score (nSPS) is 21.7. The zero-order valence-electron chi connectivity index (χ0n) is 9.84. The first kappa shape index (κ1) is 12.5. The van der Waals surface area contributed by atoms with Crippen LogP contribution >= 0.6 is 0 Å². The molecule has 1 unspecified atom stereocenters. The number of carbonyl (C=O) groups is 1. The molecule has 15 heavy (non-hydrogen) atoms. The Kier molecular flexibility index (Phi) is 4.54. The van der Waals surface area contributed by atoms with Crippen LogP contribution in [0.2, 0.25) is 0 Å². The third kappa shape index (κ3) is 5.74. The molecular weight excluding hydrogens is 194 g/mol. The van der Waals surface area contributed by atoms with E-state index in [1.807, 2.05) is 20.8 Å². The fraction of sp³-hybridized carbons (Fsp3) is 0.909. The SMILES string of the molecule is CC(C)(C)OC(=O)CNCC1CCOC1. The Balaban J connectivity index is 2.06. The Bertz CT molecular complexity index is 204. The van der Waals surface area contributed by atoms with Gasteiger partial charge in [0.1, 0.15) is 5.60 Å². The van der Waals surface area contributed by atoms with Crippen LogP contribution < -0.4 is 5.32 Å². The quantitative estimate of drug-likeness (QED) is 0.709. The number of esters is 1. The Hall–Kier alpha value is -0.610. The molecule has 0 bridgehead atoms. The molecule has 1 atom stereocenters. The van der Waals surface area contributed by atoms with Gasteiger partial charge in [0.2, 0.25) is 0 Å². The molecule has 0 aliphatic carbocycles. The topological polar surface area (TPSA) is 47.6 Å². The molecule has 0 spiro atoms. The molecule has 0 aromatic heterocycles. The summed E-state index contributed by atoms with van der Waals surface area (Å²) in [5.74, 6) is 0.355. The predicted octanol–water partition coefficient (Wildman–Crippen LogP) is 0.954. The molecule has 0 saturated carbocycles. The average Bonchev–Trinajstić information content (AvgIpc) is 2.53. The van der Waals surface area contributed by atoms with Crippen LogP contribution in [-0.2, 0) is 14.3 Å². The Morgan fingerprint density at radius 1 is 1.53 bits per heavy atom. The second-order valence-electron chi connectivity index (χ2n) is 4.95. The first-order valence-corrected chi connectivity index (χ1v) is 5.48. The lowest BCUT2D eigenvalue weighted by atomic mass is 10.1. The Labute approximate surface area is 91.3 Å². The van der Waals surface area contributed by atoms with Crippen molar-refractivity contribution < 1.29 is 14.3 Å². The third-order valence-corrected chi connectivity index (χ3v) is 2.15. The molecule has 1 aliphatic heterocycles. The molecule has 0 aromatic carbocycles. The summed E-state index contributed by atoms with van der Waals surface area (Å²) in [6.07, 6.45) is 1.08. The minimum absolute atomic E-state index is 0.193. The maximum Gasteiger partial charge on any atom is 0.320 e. The highest BCUT2D eigenvalue weighted by molar-refractivity contribution is 5.72. The van der Waals surface area contributed by atoms with Crippen LogP contribution in [0.1, 0.15) is 27.2 Å². The number of ether oxygens (including phenoxy) is 2. The maximum atomic E-state index is 11.3. The van der Waals surface area contributed by atoms with Crippen molar-refractivity contribution in [3.8, 4) is 0 Å². The van der Waals surface area contributed by atoms with Crippen molar-refractivity contribution in [1.29, 1.82) is 0 Å². The number of rotatable bonds is 4. The molecule has 88 valence electrons. The lowest BCUT2D eigenvalue weighted by Crippen LogP contribution is -2.33. The lowest BCUT2D eigenvalue weighted by molar-refractivity contribution is -0.153. The summed E-state index contributed by atoms with van der Waals surface area (Å²) in [6.45, 7) is 8.38. The number of carbonyl (C=O) groups excluding carboxylic acids is 1. The molecule has 0 aromatic rings. The standard InChI is InChI=1S/C11H21NO3/c1-11(2,3)15-10(13)7-12-6-9-4-5-14-8-9/h9,12H,4-8H2,1-3H3. The Morgan fingerprint density at radius 3 is 2.80 bits per heavy atom. The molecule has 1 aliphatic rings. The first-order chi connectivity index (χ1) is 6.97. The summed E-state index contributed by atoms with van der Waals surface area (Å²) in [4.78, 5) is 11.3. The second kappa shape index (κ2) is 5.47. The van der Waals surface area contributed by atoms with E-state index in [1.165, 1.54) is 0 Å². The van der Waals surface area contributed by atoms with Crippen molar-refractivity contribution in [3.63, 3.8) is 0 Å². The minimum Gasteiger partial charge on any atom is -0.459 e. The molecule has 4 nitrogen and oxygen atoms in total. The molecule has 1 heterocycles. The van der Waals surface area contributed by atoms with Gasteiger partial charge < -0.3 is 14.8 Å². The molecule has 1 rings (SSSR count). The zero-order valence-corrected chi connectivity index (χ0v) is 9.84. The van der Waals surface area contributed by atoms with E-state index in [0.29, 0.717) is 5.92 Å². The van der Waals surface area contributed by atoms with Crippen molar-refractivity contribution in [3.05, 3.63) is 0 Å². The van der Waals surface area contributed by atoms with E-state index < -0.39 is 5.60 Å². The van der Waals surface area contributed by atoms with E-state index in [2.05, 4.69) is 5.32 Å². The van der Waals surface area contributed by atoms with Crippen LogP contribution in [0.25, 0.3) is 0 Å². The van der Waals surface area contributed by atoms with Crippen molar-refractivity contribution in [1.82, 2.24) is 5.32 Å². The van der Waals surface area contributed by atoms with Crippen molar-refractivity contribution >= 4 is 5.97 Å². The van der Waals surface area contributed by atoms with Gasteiger partial charge in [-0.1, -0.05) is 0 Å². The summed E-state index contributed by atoms with van der Waals surface area (Å²) >= 11 is 0. The highest BCUT2D eigenvalue weighted by atomic mass is 16.6. The van der Waals surface area contributed by atoms with Gasteiger partial charge in [-0.15, -0.1) is 0 Å². The zero-order chi connectivity index (χ0) is 11.3. The van der Waals surface area contributed by atoms with Crippen LogP contribution in [0.4, 0.5) is 0 Å². The van der Waals surface area contributed by atoms with Crippen molar-refractivity contribution in [2.24, 2.45) is 5.92 Å². The van der Waals surface area contributed by atoms with E-state index in [1.54, 1.807) is 0 Å². The fourth-order valence-corrected chi connectivity index (χ4v) is 1.50. The minimum atomic E-state index is -0.394. The van der Waals surface area contributed by atoms with Gasteiger partial charge in [0.25, 0.3) is 0 Å². The van der Waals surface area contributed by atoms with Crippen molar-refractivity contribution in [2.45, 2.75) is 32.8 Å². The van der Waals surface area contributed by atoms with E-state index in [-0.39, 0.29) is 12.5 Å². The van der Waals surface area contributed by atoms with Crippen LogP contribution in [0.15, 0.2) is 0 Å². The van der Waals surface area contributed by atoms with Gasteiger partial charge in [-0.25, -0.2) is 0 Å². The molecule has 1 fully saturated rings. The highest BCUT2D eigenvalue weighted by Crippen LogP contribution is 2.10. The number of hydrogen-bond acceptors (Lipinski definition) is 4. The molecule has 1 saturated heterocycles. The number of hydrogen-bond donors (Lipinski definition) is 1. The summed E-state index contributed by atoms with van der Waals surface area (Å²) in [5.41, 5.74) is -0.394. The summed E-state index contributed by atoms with van der Waals surface area (Å²) < 4.78 is 10.4. The maximum absolute atomic E-state index is 11.3. The highest BCUT2D eigenvalue weighted by Gasteiger charge is 2.18. The van der Waals surface area contributed by atoms with Gasteiger partial charge >= 0.3 is 5.97 Å². The molecule has 0 amide bonds.